The van der Waals surface area contributed by atoms with Crippen LogP contribution in [0.4, 0.5) is 11.4 Å². The molecule has 0 amide bonds. The van der Waals surface area contributed by atoms with Crippen LogP contribution in [0.25, 0.3) is 0 Å². The number of nitrogens with one attached hydrogen (secondary N) is 1. The molecule has 0 fully saturated rings. The highest BCUT2D eigenvalue weighted by molar-refractivity contribution is 5.73. The summed E-state index contributed by atoms with van der Waals surface area (Å²) in [6.07, 6.45) is 0. The van der Waals surface area contributed by atoms with Gasteiger partial charge in [-0.1, -0.05) is 0 Å². The van der Waals surface area contributed by atoms with Crippen molar-refractivity contribution in [1.82, 2.24) is 0 Å². The average molecular weight is 208 g/mol. The van der Waals surface area contributed by atoms with Crippen LogP contribution in [0.3, 0.4) is 0 Å². The maximum atomic E-state index is 10.4. The second kappa shape index (κ2) is 4.68. The molecule has 0 unspecified atom stereocenters. The summed E-state index contributed by atoms with van der Waals surface area (Å²) in [5, 5.41) is 11.3. The number of carbonyl (C=O) groups is 1. The predicted molar refractivity (Wildman–Crippen MR) is 61.6 cm³/mol. The number of rotatable bonds is 4. The summed E-state index contributed by atoms with van der Waals surface area (Å²) in [6, 6.07) is 5.79. The molecule has 0 spiro atoms. The van der Waals surface area contributed by atoms with E-state index in [0.717, 1.165) is 16.9 Å². The largest absolute Gasteiger partial charge is 0.480 e. The first-order chi connectivity index (χ1) is 7.00. The Morgan fingerprint density at radius 3 is 2.60 bits per heavy atom. The van der Waals surface area contributed by atoms with Crippen LogP contribution in [0.15, 0.2) is 18.2 Å². The Bertz CT molecular complexity index is 362. The van der Waals surface area contributed by atoms with Crippen molar-refractivity contribution < 1.29 is 9.90 Å². The Kier molecular flexibility index (Phi) is 3.55. The van der Waals surface area contributed by atoms with E-state index in [4.69, 9.17) is 5.11 Å². The van der Waals surface area contributed by atoms with Crippen LogP contribution in [0.1, 0.15) is 5.56 Å². The van der Waals surface area contributed by atoms with Gasteiger partial charge in [0.1, 0.15) is 6.54 Å². The van der Waals surface area contributed by atoms with Crippen molar-refractivity contribution in [3.05, 3.63) is 23.8 Å². The van der Waals surface area contributed by atoms with Crippen molar-refractivity contribution in [2.45, 2.75) is 6.92 Å². The fourth-order valence-corrected chi connectivity index (χ4v) is 1.44. The van der Waals surface area contributed by atoms with Crippen LogP contribution in [0.2, 0.25) is 0 Å². The molecule has 0 heterocycles. The molecule has 1 rings (SSSR count). The Hall–Kier alpha value is -1.71. The van der Waals surface area contributed by atoms with Gasteiger partial charge in [0.05, 0.1) is 0 Å². The van der Waals surface area contributed by atoms with Crippen molar-refractivity contribution in [1.29, 1.82) is 0 Å². The molecule has 0 aliphatic heterocycles. The molecule has 0 aliphatic carbocycles. The lowest BCUT2D eigenvalue weighted by molar-refractivity contribution is -0.134. The number of anilines is 2. The maximum absolute atomic E-state index is 10.4. The van der Waals surface area contributed by atoms with E-state index in [0.29, 0.717) is 0 Å². The van der Waals surface area contributed by atoms with Crippen LogP contribution < -0.4 is 10.2 Å². The van der Waals surface area contributed by atoms with Gasteiger partial charge in [0, 0.05) is 25.5 Å². The molecular formula is C11H16N2O2. The Balaban J connectivity index is 2.77. The third kappa shape index (κ3) is 3.16. The monoisotopic (exact) mass is 208 g/mol. The van der Waals surface area contributed by atoms with Crippen LogP contribution in [-0.2, 0) is 4.79 Å². The summed E-state index contributed by atoms with van der Waals surface area (Å²) in [4.78, 5) is 12.4. The topological polar surface area (TPSA) is 52.6 Å². The molecule has 15 heavy (non-hydrogen) atoms. The molecule has 0 saturated carbocycles. The zero-order chi connectivity index (χ0) is 11.4. The quantitative estimate of drug-likeness (QED) is 0.788. The standard InChI is InChI=1S/C11H16N2O2/c1-8-6-9(12-7-11(14)15)4-5-10(8)13(2)3/h4-6,12H,7H2,1-3H3,(H,14,15). The Morgan fingerprint density at radius 2 is 2.13 bits per heavy atom. The van der Waals surface area contributed by atoms with Gasteiger partial charge in [-0.15, -0.1) is 0 Å². The van der Waals surface area contributed by atoms with Gasteiger partial charge in [-0.3, -0.25) is 4.79 Å². The van der Waals surface area contributed by atoms with Crippen LogP contribution in [0, 0.1) is 6.92 Å². The van der Waals surface area contributed by atoms with Crippen molar-refractivity contribution in [2.75, 3.05) is 30.9 Å². The molecule has 0 aliphatic rings. The van der Waals surface area contributed by atoms with Gasteiger partial charge in [-0.2, -0.15) is 0 Å². The third-order valence-corrected chi connectivity index (χ3v) is 2.12. The minimum atomic E-state index is -0.857. The first-order valence-electron chi connectivity index (χ1n) is 4.74. The normalized spacial score (nSPS) is 9.80. The fourth-order valence-electron chi connectivity index (χ4n) is 1.44. The first-order valence-corrected chi connectivity index (χ1v) is 4.74. The van der Waals surface area contributed by atoms with Gasteiger partial charge in [0.15, 0.2) is 0 Å². The van der Waals surface area contributed by atoms with Crippen molar-refractivity contribution >= 4 is 17.3 Å². The van der Waals surface area contributed by atoms with Gasteiger partial charge in [0.25, 0.3) is 0 Å². The first kappa shape index (κ1) is 11.4. The maximum Gasteiger partial charge on any atom is 0.322 e. The summed E-state index contributed by atoms with van der Waals surface area (Å²) < 4.78 is 0. The van der Waals surface area contributed by atoms with E-state index in [-0.39, 0.29) is 6.54 Å². The van der Waals surface area contributed by atoms with Gasteiger partial charge in [0.2, 0.25) is 0 Å². The summed E-state index contributed by atoms with van der Waals surface area (Å²) in [5.41, 5.74) is 3.09. The highest BCUT2D eigenvalue weighted by Crippen LogP contribution is 2.21. The summed E-state index contributed by atoms with van der Waals surface area (Å²) in [5.74, 6) is -0.857. The molecule has 0 saturated heterocycles. The summed E-state index contributed by atoms with van der Waals surface area (Å²) in [6.45, 7) is 1.95. The van der Waals surface area contributed by atoms with Crippen LogP contribution >= 0.6 is 0 Å². The smallest absolute Gasteiger partial charge is 0.322 e. The van der Waals surface area contributed by atoms with E-state index in [1.807, 2.05) is 44.1 Å². The lowest BCUT2D eigenvalue weighted by Crippen LogP contribution is -2.13. The van der Waals surface area contributed by atoms with Crippen molar-refractivity contribution in [3.8, 4) is 0 Å². The molecule has 0 aromatic heterocycles. The van der Waals surface area contributed by atoms with E-state index in [1.165, 1.54) is 0 Å². The zero-order valence-electron chi connectivity index (χ0n) is 9.24. The number of hydrogen-bond donors (Lipinski definition) is 2. The molecule has 2 N–H and O–H groups in total. The molecule has 1 aromatic rings. The van der Waals surface area contributed by atoms with E-state index < -0.39 is 5.97 Å². The van der Waals surface area contributed by atoms with Gasteiger partial charge < -0.3 is 15.3 Å². The van der Waals surface area contributed by atoms with Crippen LogP contribution in [0.5, 0.6) is 0 Å². The van der Waals surface area contributed by atoms with E-state index in [2.05, 4.69) is 5.32 Å². The summed E-state index contributed by atoms with van der Waals surface area (Å²) in [7, 11) is 3.96. The second-order valence-corrected chi connectivity index (χ2v) is 3.64. The molecule has 4 heteroatoms. The molecule has 0 radical (unpaired) electrons. The highest BCUT2D eigenvalue weighted by atomic mass is 16.4. The minimum Gasteiger partial charge on any atom is -0.480 e. The minimum absolute atomic E-state index is 0.0548. The Labute approximate surface area is 89.5 Å². The number of nitrogens with zero attached hydrogens (tertiary/aromatic N) is 1. The van der Waals surface area contributed by atoms with Crippen LogP contribution in [-0.4, -0.2) is 31.7 Å². The SMILES string of the molecule is Cc1cc(NCC(=O)O)ccc1N(C)C. The van der Waals surface area contributed by atoms with E-state index in [9.17, 15) is 4.79 Å². The van der Waals surface area contributed by atoms with Crippen molar-refractivity contribution in [3.63, 3.8) is 0 Å². The van der Waals surface area contributed by atoms with E-state index >= 15 is 0 Å². The number of aryl methyl sites for hydroxylation is 1. The average Bonchev–Trinajstić information content (AvgIpc) is 2.14. The van der Waals surface area contributed by atoms with Gasteiger partial charge in [-0.25, -0.2) is 0 Å². The molecule has 0 atom stereocenters. The number of aliphatic carboxylic acids is 1. The number of carboxylic acid groups (broad SMARTS) is 1. The molecule has 82 valence electrons. The summed E-state index contributed by atoms with van der Waals surface area (Å²) >= 11 is 0. The molecule has 0 bridgehead atoms. The fraction of sp³-hybridized carbons (Fsp3) is 0.364. The third-order valence-electron chi connectivity index (χ3n) is 2.12. The van der Waals surface area contributed by atoms with Gasteiger partial charge in [-0.05, 0) is 30.7 Å². The molecule has 1 aromatic carbocycles. The van der Waals surface area contributed by atoms with Gasteiger partial charge >= 0.3 is 5.97 Å². The zero-order valence-corrected chi connectivity index (χ0v) is 9.24. The lowest BCUT2D eigenvalue weighted by atomic mass is 10.1. The number of benzene rings is 1. The number of hydrogen-bond acceptors (Lipinski definition) is 3. The predicted octanol–water partition coefficient (Wildman–Crippen LogP) is 1.56. The molecule has 4 nitrogen and oxygen atoms in total. The molecular weight excluding hydrogens is 192 g/mol. The van der Waals surface area contributed by atoms with Crippen molar-refractivity contribution in [2.24, 2.45) is 0 Å². The highest BCUT2D eigenvalue weighted by Gasteiger charge is 2.02. The Morgan fingerprint density at radius 1 is 1.47 bits per heavy atom. The lowest BCUT2D eigenvalue weighted by Gasteiger charge is -2.16. The van der Waals surface area contributed by atoms with E-state index in [1.54, 1.807) is 0 Å². The second-order valence-electron chi connectivity index (χ2n) is 3.64. The number of carboxylic acids is 1.